The van der Waals surface area contributed by atoms with Gasteiger partial charge in [0, 0.05) is 165 Å². The van der Waals surface area contributed by atoms with Crippen molar-refractivity contribution in [3.8, 4) is 28.7 Å². The number of nitrogens with zero attached hydrogens (tertiary/aromatic N) is 11. The van der Waals surface area contributed by atoms with Gasteiger partial charge in [-0.1, -0.05) is 105 Å². The summed E-state index contributed by atoms with van der Waals surface area (Å²) in [6, 6.07) is 77.3. The van der Waals surface area contributed by atoms with E-state index in [4.69, 9.17) is 83.4 Å². The quantitative estimate of drug-likeness (QED) is 0.0130. The largest absolute Gasteiger partial charge is 0.497 e. The normalized spacial score (nSPS) is 13.4. The fourth-order valence-electron chi connectivity index (χ4n) is 17.5. The molecule has 6 heterocycles. The standard InChI is InChI=1S/C40H41ClN6O2.C34H39ClN8O.C32H35ClN8O2/c1-48-34-12-10-29(11-13-34)44-31-24-30(25-33(26-31)47-21-19-46(20-22-47)32-7-4-3-5-8-32)42-17-6-18-43-40-36-15-9-28(41)23-39(36)45-38-16-14-35(49-2)27-37(38)40;1-3-22-10-17-29-28(20-22)31(27-16-11-23(35)21-30(27)40-29)36-18-7-19-37-32-41-33(38-24-8-5-4-6-9-24)43-34(42-32)39-25-12-14-26(44-2)15-13-25;1-42-23-11-9-22(10-12-23)37-32-40-30(39-31(41-32)36-21-6-4-3-5-7-21)35-17-16-34-29-25-14-8-20(33)18-28(25)38-27-15-13-24(43-2)19-26(27)29/h3-5,7-16,23-27,42,44H,6,17-22H2,1-2H3,(H,43,45);10-17,20-21,24H,3-9,18-19H2,1-2H3,(H,36,40)(H3,37,38,39,41,42,43);8-15,18-19,21H,3-7,16-17H2,1-2H3,(H,34,38)(H3,35,36,37,39,40,41). The number of anilines is 16. The Morgan fingerprint density at radius 2 is 0.654 bits per heavy atom. The Kier molecular flexibility index (Phi) is 31.4. The summed E-state index contributed by atoms with van der Waals surface area (Å²) in [5.41, 5.74) is 17.0. The smallest absolute Gasteiger partial charge is 0.233 e. The summed E-state index contributed by atoms with van der Waals surface area (Å²) in [7, 11) is 8.34. The van der Waals surface area contributed by atoms with Crippen LogP contribution in [0.25, 0.3) is 65.4 Å². The van der Waals surface area contributed by atoms with Gasteiger partial charge in [-0.2, -0.15) is 29.9 Å². The molecule has 1 aliphatic heterocycles. The SMILES string of the molecule is CCc1ccc2nc3cc(Cl)ccc3c(NCCCNc3nc(Nc4ccc(OC)cc4)nc(NC4CCCCC4)n3)c2c1.COc1ccc(Nc2cc(NCCCNc3c4ccc(Cl)cc4nc4ccc(OC)cc34)cc(N3CCN(c4ccccc4)CC3)c2)cc1.COc1ccc(Nc2nc(NCCNc3c4ccc(Cl)cc4nc4ccc(OC)cc34)nc(NC3CCCCC3)n2)cc1. The highest BCUT2D eigenvalue weighted by Crippen LogP contribution is 2.40. The van der Waals surface area contributed by atoms with Crippen molar-refractivity contribution in [1.29, 1.82) is 0 Å². The number of rotatable bonds is 35. The second-order valence-electron chi connectivity index (χ2n) is 33.9. The third kappa shape index (κ3) is 24.4. The Balaban J connectivity index is 0.000000142. The van der Waals surface area contributed by atoms with Crippen LogP contribution in [0.15, 0.2) is 231 Å². The minimum absolute atomic E-state index is 0.359. The van der Waals surface area contributed by atoms with Crippen molar-refractivity contribution in [2.75, 3.05) is 169 Å². The fraction of sp³-hybridized carbons (Fsp3) is 0.292. The molecule has 0 unspecified atom stereocenters. The maximum Gasteiger partial charge on any atom is 0.233 e. The number of aromatic nitrogens is 9. The zero-order chi connectivity index (χ0) is 93.5. The second kappa shape index (κ2) is 45.6. The summed E-state index contributed by atoms with van der Waals surface area (Å²) in [5.74, 6) is 7.11. The minimum atomic E-state index is 0.359. The predicted molar refractivity (Wildman–Crippen MR) is 562 cm³/mol. The number of piperazine rings is 1. The minimum Gasteiger partial charge on any atom is -0.497 e. The molecule has 1 saturated heterocycles. The first-order valence-corrected chi connectivity index (χ1v) is 47.9. The van der Waals surface area contributed by atoms with Crippen LogP contribution in [0.4, 0.5) is 92.6 Å². The number of hydrogen-bond donors (Lipinski definition) is 11. The van der Waals surface area contributed by atoms with Gasteiger partial charge in [-0.3, -0.25) is 0 Å². The first-order chi connectivity index (χ1) is 66.7. The topological polar surface area (TPSA) is 301 Å². The number of aryl methyl sites for hydroxylation is 1. The van der Waals surface area contributed by atoms with Gasteiger partial charge in [0.15, 0.2) is 0 Å². The Labute approximate surface area is 807 Å². The van der Waals surface area contributed by atoms with Gasteiger partial charge >= 0.3 is 0 Å². The number of benzene rings is 11. The molecule has 2 aliphatic carbocycles. The average Bonchev–Trinajstić information content (AvgIpc) is 0.772. The number of hydrogen-bond acceptors (Lipinski definition) is 27. The van der Waals surface area contributed by atoms with Crippen LogP contribution >= 0.6 is 34.8 Å². The summed E-state index contributed by atoms with van der Waals surface area (Å²) in [5, 5.41) is 47.0. The molecule has 19 rings (SSSR count). The van der Waals surface area contributed by atoms with Gasteiger partial charge < -0.3 is 92.0 Å². The van der Waals surface area contributed by atoms with Crippen molar-refractivity contribution < 1.29 is 23.7 Å². The van der Waals surface area contributed by atoms with Crippen molar-refractivity contribution >= 4 is 193 Å². The van der Waals surface area contributed by atoms with E-state index in [1.807, 2.05) is 164 Å². The number of para-hydroxylation sites is 1. The number of pyridine rings is 3. The summed E-state index contributed by atoms with van der Waals surface area (Å²) in [4.78, 5) is 47.6. The van der Waals surface area contributed by atoms with E-state index in [0.717, 1.165) is 230 Å². The van der Waals surface area contributed by atoms with Crippen molar-refractivity contribution in [1.82, 2.24) is 44.9 Å². The van der Waals surface area contributed by atoms with Crippen LogP contribution in [0.3, 0.4) is 0 Å². The fourth-order valence-corrected chi connectivity index (χ4v) is 18.0. The van der Waals surface area contributed by atoms with Gasteiger partial charge in [-0.05, 0) is 257 Å². The molecule has 11 N–H and O–H groups in total. The van der Waals surface area contributed by atoms with Gasteiger partial charge in [0.05, 0.1) is 85.7 Å². The molecular weight excluding hydrogens is 1770 g/mol. The van der Waals surface area contributed by atoms with E-state index in [1.165, 1.54) is 55.5 Å². The lowest BCUT2D eigenvalue weighted by atomic mass is 9.96. The van der Waals surface area contributed by atoms with E-state index in [0.29, 0.717) is 82.5 Å². The van der Waals surface area contributed by atoms with Gasteiger partial charge in [0.2, 0.25) is 35.7 Å². The van der Waals surface area contributed by atoms with Crippen molar-refractivity contribution in [2.24, 2.45) is 0 Å². The predicted octanol–water partition coefficient (Wildman–Crippen LogP) is 24.5. The third-order valence-electron chi connectivity index (χ3n) is 24.6. The molecule has 3 fully saturated rings. The Hall–Kier alpha value is -14.3. The van der Waals surface area contributed by atoms with Crippen molar-refractivity contribution in [3.63, 3.8) is 0 Å². The maximum absolute atomic E-state index is 6.33. The van der Waals surface area contributed by atoms with Gasteiger partial charge in [0.1, 0.15) is 28.7 Å². The van der Waals surface area contributed by atoms with Crippen molar-refractivity contribution in [3.05, 3.63) is 251 Å². The molecule has 30 heteroatoms. The zero-order valence-corrected chi connectivity index (χ0v) is 79.7. The van der Waals surface area contributed by atoms with Crippen LogP contribution in [0, 0.1) is 0 Å². The first kappa shape index (κ1) is 93.5. The lowest BCUT2D eigenvalue weighted by Gasteiger charge is -2.37. The van der Waals surface area contributed by atoms with Crippen LogP contribution in [0.5, 0.6) is 28.7 Å². The summed E-state index contributed by atoms with van der Waals surface area (Å²) in [6.45, 7) is 10.2. The highest BCUT2D eigenvalue weighted by atomic mass is 35.5. The molecule has 700 valence electrons. The van der Waals surface area contributed by atoms with E-state index in [-0.39, 0.29) is 0 Å². The van der Waals surface area contributed by atoms with Gasteiger partial charge in [0.25, 0.3) is 0 Å². The van der Waals surface area contributed by atoms with Crippen LogP contribution in [0.2, 0.25) is 15.1 Å². The highest BCUT2D eigenvalue weighted by molar-refractivity contribution is 6.32. The number of nitrogens with one attached hydrogen (secondary N) is 11. The monoisotopic (exact) mass is 1880 g/mol. The van der Waals surface area contributed by atoms with Crippen molar-refractivity contribution in [2.45, 2.75) is 102 Å². The van der Waals surface area contributed by atoms with E-state index in [1.54, 1.807) is 35.5 Å². The van der Waals surface area contributed by atoms with Crippen LogP contribution in [-0.2, 0) is 6.42 Å². The lowest BCUT2D eigenvalue weighted by Crippen LogP contribution is -2.46. The molecule has 0 spiro atoms. The van der Waals surface area contributed by atoms with E-state index in [9.17, 15) is 0 Å². The molecule has 0 atom stereocenters. The molecule has 5 aromatic heterocycles. The highest BCUT2D eigenvalue weighted by Gasteiger charge is 2.24. The number of fused-ring (bicyclic) bond motifs is 6. The molecule has 27 nitrogen and oxygen atoms in total. The summed E-state index contributed by atoms with van der Waals surface area (Å²) < 4.78 is 27.0. The lowest BCUT2D eigenvalue weighted by molar-refractivity contribution is 0.415. The van der Waals surface area contributed by atoms with E-state index >= 15 is 0 Å². The molecule has 2 saturated carbocycles. The van der Waals surface area contributed by atoms with E-state index < -0.39 is 0 Å². The van der Waals surface area contributed by atoms with Gasteiger partial charge in [-0.15, -0.1) is 0 Å². The van der Waals surface area contributed by atoms with Crippen LogP contribution in [-0.4, -0.2) is 158 Å². The zero-order valence-electron chi connectivity index (χ0n) is 77.5. The Bertz CT molecular complexity index is 6740. The second-order valence-corrected chi connectivity index (χ2v) is 35.2. The van der Waals surface area contributed by atoms with Crippen LogP contribution < -0.4 is 92.0 Å². The number of methoxy groups -OCH3 is 5. The van der Waals surface area contributed by atoms with Crippen LogP contribution in [0.1, 0.15) is 89.5 Å². The average molecular weight is 1880 g/mol. The maximum atomic E-state index is 6.33. The first-order valence-electron chi connectivity index (χ1n) is 46.8. The molecule has 0 radical (unpaired) electrons. The summed E-state index contributed by atoms with van der Waals surface area (Å²) in [6.07, 6.45) is 14.7. The number of ether oxygens (including phenoxy) is 5. The number of halogens is 3. The molecule has 0 bridgehead atoms. The Morgan fingerprint density at radius 1 is 0.287 bits per heavy atom. The van der Waals surface area contributed by atoms with E-state index in [2.05, 4.69) is 162 Å². The molecule has 16 aromatic rings. The Morgan fingerprint density at radius 3 is 1.10 bits per heavy atom. The summed E-state index contributed by atoms with van der Waals surface area (Å²) >= 11 is 18.9. The molecule has 3 aliphatic rings. The molecule has 11 aromatic carbocycles. The van der Waals surface area contributed by atoms with Gasteiger partial charge in [-0.25, -0.2) is 15.0 Å². The molecular formula is C106H115Cl3N22O5. The molecule has 136 heavy (non-hydrogen) atoms. The molecule has 0 amide bonds. The third-order valence-corrected chi connectivity index (χ3v) is 25.3.